The van der Waals surface area contributed by atoms with Crippen LogP contribution in [0.2, 0.25) is 0 Å². The molecule has 0 aromatic rings. The van der Waals surface area contributed by atoms with Crippen molar-refractivity contribution in [1.82, 2.24) is 5.32 Å². The molecule has 0 aliphatic rings. The van der Waals surface area contributed by atoms with Crippen molar-refractivity contribution in [3.05, 3.63) is 0 Å². The van der Waals surface area contributed by atoms with Crippen LogP contribution in [0.15, 0.2) is 0 Å². The molecule has 0 unspecified atom stereocenters. The zero-order chi connectivity index (χ0) is 11.6. The van der Waals surface area contributed by atoms with Crippen molar-refractivity contribution in [3.8, 4) is 0 Å². The smallest absolute Gasteiger partial charge is 0.146 e. The quantitative estimate of drug-likeness (QED) is 0.427. The molecule has 0 saturated carbocycles. The van der Waals surface area contributed by atoms with Gasteiger partial charge in [0.25, 0.3) is 0 Å². The molecule has 3 nitrogen and oxygen atoms in total. The molecule has 0 atom stereocenters. The van der Waals surface area contributed by atoms with E-state index in [2.05, 4.69) is 19.2 Å². The van der Waals surface area contributed by atoms with E-state index < -0.39 is 0 Å². The van der Waals surface area contributed by atoms with Crippen LogP contribution in [0.5, 0.6) is 0 Å². The van der Waals surface area contributed by atoms with Crippen LogP contribution in [-0.2, 0) is 4.43 Å². The summed E-state index contributed by atoms with van der Waals surface area (Å²) >= 11 is 0. The molecule has 0 radical (unpaired) electrons. The Morgan fingerprint density at radius 2 is 1.87 bits per heavy atom. The highest BCUT2D eigenvalue weighted by Crippen LogP contribution is 2.25. The fraction of sp³-hybridized carbons (Fsp3) is 1.00. The lowest BCUT2D eigenvalue weighted by Crippen LogP contribution is -2.30. The lowest BCUT2D eigenvalue weighted by molar-refractivity contribution is 0.0585. The molecule has 0 aliphatic heterocycles. The highest BCUT2D eigenvalue weighted by atomic mass is 28.2. The van der Waals surface area contributed by atoms with Gasteiger partial charge in [-0.1, -0.05) is 13.8 Å². The number of hydrogen-bond donors (Lipinski definition) is 2. The maximum atomic E-state index is 5.76. The van der Waals surface area contributed by atoms with E-state index in [4.69, 9.17) is 10.2 Å². The predicted molar refractivity (Wildman–Crippen MR) is 70.1 cm³/mol. The van der Waals surface area contributed by atoms with E-state index in [0.717, 1.165) is 43.0 Å². The van der Waals surface area contributed by atoms with Crippen molar-refractivity contribution in [2.24, 2.45) is 5.73 Å². The van der Waals surface area contributed by atoms with Crippen LogP contribution in [0.1, 0.15) is 46.0 Å². The SMILES string of the molecule is CCC(CC)(CCCCNCCN)O[SiH3]. The van der Waals surface area contributed by atoms with Crippen molar-refractivity contribution >= 4 is 10.5 Å². The van der Waals surface area contributed by atoms with Crippen molar-refractivity contribution in [2.45, 2.75) is 51.6 Å². The normalized spacial score (nSPS) is 12.2. The van der Waals surface area contributed by atoms with Gasteiger partial charge in [0.15, 0.2) is 0 Å². The molecule has 92 valence electrons. The number of unbranched alkanes of at least 4 members (excludes halogenated alkanes) is 1. The minimum atomic E-state index is 0.181. The Morgan fingerprint density at radius 1 is 1.20 bits per heavy atom. The van der Waals surface area contributed by atoms with E-state index in [1.54, 1.807) is 0 Å². The van der Waals surface area contributed by atoms with Crippen LogP contribution >= 0.6 is 0 Å². The summed E-state index contributed by atoms with van der Waals surface area (Å²) in [5.41, 5.74) is 5.58. The number of hydrogen-bond acceptors (Lipinski definition) is 3. The molecule has 0 rings (SSSR count). The van der Waals surface area contributed by atoms with Crippen LogP contribution < -0.4 is 11.1 Å². The summed E-state index contributed by atoms with van der Waals surface area (Å²) < 4.78 is 5.76. The van der Waals surface area contributed by atoms with Gasteiger partial charge in [0.05, 0.1) is 5.60 Å². The monoisotopic (exact) mass is 232 g/mol. The molecule has 0 heterocycles. The molecule has 4 heteroatoms. The molecule has 0 aromatic carbocycles. The summed E-state index contributed by atoms with van der Waals surface area (Å²) in [6.07, 6.45) is 5.97. The van der Waals surface area contributed by atoms with E-state index in [1.807, 2.05) is 0 Å². The lowest BCUT2D eigenvalue weighted by Gasteiger charge is -2.31. The van der Waals surface area contributed by atoms with Gasteiger partial charge in [-0.2, -0.15) is 0 Å². The molecular formula is C11H28N2OSi. The molecule has 0 bridgehead atoms. The van der Waals surface area contributed by atoms with Crippen LogP contribution in [0.4, 0.5) is 0 Å². The summed E-state index contributed by atoms with van der Waals surface area (Å²) in [5, 5.41) is 3.32. The number of rotatable bonds is 10. The Morgan fingerprint density at radius 3 is 2.33 bits per heavy atom. The van der Waals surface area contributed by atoms with Crippen LogP contribution in [0.3, 0.4) is 0 Å². The van der Waals surface area contributed by atoms with Gasteiger partial charge >= 0.3 is 0 Å². The van der Waals surface area contributed by atoms with Gasteiger partial charge < -0.3 is 15.5 Å². The third-order valence-electron chi connectivity index (χ3n) is 3.28. The van der Waals surface area contributed by atoms with Crippen LogP contribution in [0.25, 0.3) is 0 Å². The van der Waals surface area contributed by atoms with Crippen molar-refractivity contribution < 1.29 is 4.43 Å². The maximum absolute atomic E-state index is 5.76. The summed E-state index contributed by atoms with van der Waals surface area (Å²) in [6, 6.07) is 0. The minimum absolute atomic E-state index is 0.181. The molecule has 0 spiro atoms. The van der Waals surface area contributed by atoms with Gasteiger partial charge in [0.1, 0.15) is 10.5 Å². The first kappa shape index (κ1) is 15.1. The first-order valence-corrected chi connectivity index (χ1v) is 7.02. The average Bonchev–Trinajstić information content (AvgIpc) is 2.29. The highest BCUT2D eigenvalue weighted by molar-refractivity contribution is 5.98. The summed E-state index contributed by atoms with van der Waals surface area (Å²) in [7, 11) is 0.854. The molecule has 3 N–H and O–H groups in total. The third-order valence-corrected chi connectivity index (χ3v) is 4.14. The summed E-state index contributed by atoms with van der Waals surface area (Å²) in [5.74, 6) is 0. The van der Waals surface area contributed by atoms with E-state index in [0.29, 0.717) is 0 Å². The van der Waals surface area contributed by atoms with Gasteiger partial charge in [-0.3, -0.25) is 0 Å². The molecule has 0 fully saturated rings. The predicted octanol–water partition coefficient (Wildman–Crippen LogP) is 0.561. The Balaban J connectivity index is 3.54. The molecule has 15 heavy (non-hydrogen) atoms. The van der Waals surface area contributed by atoms with Gasteiger partial charge in [0, 0.05) is 13.1 Å². The Kier molecular flexibility index (Phi) is 9.39. The van der Waals surface area contributed by atoms with Crippen molar-refractivity contribution in [3.63, 3.8) is 0 Å². The number of nitrogens with two attached hydrogens (primary N) is 1. The molecular weight excluding hydrogens is 204 g/mol. The second-order valence-electron chi connectivity index (χ2n) is 4.09. The summed E-state index contributed by atoms with van der Waals surface area (Å²) in [4.78, 5) is 0. The van der Waals surface area contributed by atoms with E-state index in [1.165, 1.54) is 19.3 Å². The van der Waals surface area contributed by atoms with Crippen molar-refractivity contribution in [1.29, 1.82) is 0 Å². The fourth-order valence-corrected chi connectivity index (χ4v) is 2.70. The average molecular weight is 232 g/mol. The van der Waals surface area contributed by atoms with Gasteiger partial charge in [0.2, 0.25) is 0 Å². The van der Waals surface area contributed by atoms with Crippen LogP contribution in [-0.4, -0.2) is 35.7 Å². The van der Waals surface area contributed by atoms with Gasteiger partial charge in [-0.25, -0.2) is 0 Å². The van der Waals surface area contributed by atoms with E-state index in [-0.39, 0.29) is 5.60 Å². The first-order chi connectivity index (χ1) is 7.24. The topological polar surface area (TPSA) is 47.3 Å². The minimum Gasteiger partial charge on any atom is -0.422 e. The molecule has 0 saturated heterocycles. The van der Waals surface area contributed by atoms with E-state index in [9.17, 15) is 0 Å². The van der Waals surface area contributed by atoms with Gasteiger partial charge in [-0.15, -0.1) is 0 Å². The fourth-order valence-electron chi connectivity index (χ4n) is 1.92. The second-order valence-corrected chi connectivity index (χ2v) is 4.50. The summed E-state index contributed by atoms with van der Waals surface area (Å²) in [6.45, 7) is 7.21. The van der Waals surface area contributed by atoms with Crippen LogP contribution in [0, 0.1) is 0 Å². The zero-order valence-corrected chi connectivity index (χ0v) is 12.6. The Labute approximate surface area is 97.7 Å². The maximum Gasteiger partial charge on any atom is 0.146 e. The first-order valence-electron chi connectivity index (χ1n) is 6.20. The second kappa shape index (κ2) is 9.33. The standard InChI is InChI=1S/C11H28N2OSi/c1-3-11(4-2,14-15)7-5-6-9-13-10-8-12/h13H,3-10,12H2,1-2,15H3. The largest absolute Gasteiger partial charge is 0.422 e. The Hall–Kier alpha value is 0.0969. The molecule has 0 amide bonds. The third kappa shape index (κ3) is 6.30. The highest BCUT2D eigenvalue weighted by Gasteiger charge is 2.23. The zero-order valence-electron chi connectivity index (χ0n) is 10.6. The van der Waals surface area contributed by atoms with E-state index >= 15 is 0 Å². The number of nitrogens with one attached hydrogen (secondary N) is 1. The van der Waals surface area contributed by atoms with Crippen molar-refractivity contribution in [2.75, 3.05) is 19.6 Å². The lowest BCUT2D eigenvalue weighted by atomic mass is 9.91. The van der Waals surface area contributed by atoms with Gasteiger partial charge in [-0.05, 0) is 38.6 Å². The molecule has 0 aliphatic carbocycles. The Bertz CT molecular complexity index is 132. The molecule has 0 aromatic heterocycles.